The van der Waals surface area contributed by atoms with Gasteiger partial charge in [0.1, 0.15) is 5.82 Å². The largest absolute Gasteiger partial charge is 0.253 e. The minimum atomic E-state index is -0.202. The lowest BCUT2D eigenvalue weighted by molar-refractivity contribution is 0.611. The Labute approximate surface area is 126 Å². The number of benzene rings is 1. The average molecular weight is 302 g/mol. The number of thioether (sulfide) groups is 1. The Balaban J connectivity index is 1.92. The van der Waals surface area contributed by atoms with Crippen molar-refractivity contribution in [2.75, 3.05) is 0 Å². The van der Waals surface area contributed by atoms with E-state index in [-0.39, 0.29) is 11.1 Å². The van der Waals surface area contributed by atoms with E-state index in [4.69, 9.17) is 0 Å². The molecule has 108 valence electrons. The molecule has 0 amide bonds. The Morgan fingerprint density at radius 3 is 2.71 bits per heavy atom. The second-order valence-electron chi connectivity index (χ2n) is 4.93. The van der Waals surface area contributed by atoms with Gasteiger partial charge in [-0.1, -0.05) is 30.0 Å². The van der Waals surface area contributed by atoms with Crippen LogP contribution in [0.1, 0.15) is 29.1 Å². The molecule has 0 spiro atoms. The summed E-state index contributed by atoms with van der Waals surface area (Å²) in [4.78, 5) is 8.77. The smallest absolute Gasteiger partial charge is 0.216 e. The first-order valence-corrected chi connectivity index (χ1v) is 7.54. The van der Waals surface area contributed by atoms with Crippen molar-refractivity contribution in [2.45, 2.75) is 31.2 Å². The number of aryl methyl sites for hydroxylation is 2. The summed E-state index contributed by atoms with van der Waals surface area (Å²) in [5.41, 5.74) is 2.55. The maximum atomic E-state index is 13.8. The lowest BCUT2D eigenvalue weighted by Crippen LogP contribution is -1.97. The van der Waals surface area contributed by atoms with E-state index in [0.29, 0.717) is 16.5 Å². The van der Waals surface area contributed by atoms with E-state index < -0.39 is 0 Å². The van der Waals surface area contributed by atoms with Gasteiger partial charge >= 0.3 is 0 Å². The highest BCUT2D eigenvalue weighted by Gasteiger charge is 2.15. The third-order valence-corrected chi connectivity index (χ3v) is 4.22. The summed E-state index contributed by atoms with van der Waals surface area (Å²) in [7, 11) is 0. The molecule has 1 unspecified atom stereocenters. The van der Waals surface area contributed by atoms with Gasteiger partial charge in [0.25, 0.3) is 5.78 Å². The lowest BCUT2D eigenvalue weighted by atomic mass is 10.1. The molecule has 0 aliphatic rings. The highest BCUT2D eigenvalue weighted by Crippen LogP contribution is 2.34. The van der Waals surface area contributed by atoms with Gasteiger partial charge < -0.3 is 0 Å². The standard InChI is InChI=1S/C15H15FN4S/c1-9-8-10(2)20-14(17-9)18-15(19-20)21-11(3)12-6-4-5-7-13(12)16/h4-8,11H,1-3H3. The van der Waals surface area contributed by atoms with E-state index in [9.17, 15) is 4.39 Å². The first kappa shape index (κ1) is 14.0. The molecule has 0 radical (unpaired) electrons. The third kappa shape index (κ3) is 2.76. The fourth-order valence-corrected chi connectivity index (χ4v) is 3.12. The zero-order valence-corrected chi connectivity index (χ0v) is 12.9. The van der Waals surface area contributed by atoms with Gasteiger partial charge in [0.15, 0.2) is 0 Å². The summed E-state index contributed by atoms with van der Waals surface area (Å²) >= 11 is 1.43. The minimum absolute atomic E-state index is 0.0648. The quantitative estimate of drug-likeness (QED) is 0.691. The number of aromatic nitrogens is 4. The van der Waals surface area contributed by atoms with Crippen LogP contribution >= 0.6 is 11.8 Å². The summed E-state index contributed by atoms with van der Waals surface area (Å²) in [5, 5.41) is 4.97. The third-order valence-electron chi connectivity index (χ3n) is 3.22. The lowest BCUT2D eigenvalue weighted by Gasteiger charge is -2.09. The van der Waals surface area contributed by atoms with Crippen molar-refractivity contribution in [3.05, 3.63) is 53.1 Å². The van der Waals surface area contributed by atoms with E-state index in [1.54, 1.807) is 16.6 Å². The second kappa shape index (κ2) is 5.44. The maximum Gasteiger partial charge on any atom is 0.253 e. The van der Waals surface area contributed by atoms with Crippen LogP contribution in [0.3, 0.4) is 0 Å². The van der Waals surface area contributed by atoms with Crippen molar-refractivity contribution >= 4 is 17.5 Å². The predicted molar refractivity (Wildman–Crippen MR) is 80.9 cm³/mol. The number of hydrogen-bond acceptors (Lipinski definition) is 4. The molecular formula is C15H15FN4S. The first-order chi connectivity index (χ1) is 10.0. The molecule has 1 aromatic carbocycles. The van der Waals surface area contributed by atoms with Crippen LogP contribution in [0.15, 0.2) is 35.5 Å². The monoisotopic (exact) mass is 302 g/mol. The topological polar surface area (TPSA) is 43.1 Å². The average Bonchev–Trinajstić information content (AvgIpc) is 2.81. The van der Waals surface area contributed by atoms with Gasteiger partial charge in [0.2, 0.25) is 5.16 Å². The van der Waals surface area contributed by atoms with Crippen molar-refractivity contribution in [1.82, 2.24) is 19.6 Å². The van der Waals surface area contributed by atoms with Crippen LogP contribution in [-0.4, -0.2) is 19.6 Å². The highest BCUT2D eigenvalue weighted by atomic mass is 32.2. The highest BCUT2D eigenvalue weighted by molar-refractivity contribution is 7.99. The van der Waals surface area contributed by atoms with E-state index in [1.807, 2.05) is 32.9 Å². The number of nitrogens with zero attached hydrogens (tertiary/aromatic N) is 4. The van der Waals surface area contributed by atoms with Gasteiger partial charge in [-0.25, -0.2) is 13.9 Å². The summed E-state index contributed by atoms with van der Waals surface area (Å²) in [6.45, 7) is 5.84. The SMILES string of the molecule is Cc1cc(C)n2nc(SC(C)c3ccccc3F)nc2n1. The molecule has 4 nitrogen and oxygen atoms in total. The predicted octanol–water partition coefficient (Wildman–Crippen LogP) is 3.73. The van der Waals surface area contributed by atoms with Crippen LogP contribution in [0.2, 0.25) is 0 Å². The summed E-state index contributed by atoms with van der Waals surface area (Å²) in [6.07, 6.45) is 0. The Hall–Kier alpha value is -1.95. The second-order valence-corrected chi connectivity index (χ2v) is 6.23. The van der Waals surface area contributed by atoms with E-state index in [1.165, 1.54) is 17.8 Å². The van der Waals surface area contributed by atoms with Gasteiger partial charge in [0, 0.05) is 22.2 Å². The van der Waals surface area contributed by atoms with Crippen molar-refractivity contribution in [3.8, 4) is 0 Å². The van der Waals surface area contributed by atoms with Crippen molar-refractivity contribution in [2.24, 2.45) is 0 Å². The molecule has 0 saturated heterocycles. The molecule has 0 bridgehead atoms. The van der Waals surface area contributed by atoms with Crippen molar-refractivity contribution in [3.63, 3.8) is 0 Å². The molecule has 0 N–H and O–H groups in total. The summed E-state index contributed by atoms with van der Waals surface area (Å²) in [5.74, 6) is 0.377. The van der Waals surface area contributed by atoms with Crippen molar-refractivity contribution in [1.29, 1.82) is 0 Å². The molecule has 0 saturated carbocycles. The molecule has 3 aromatic rings. The van der Waals surface area contributed by atoms with Crippen LogP contribution in [0.5, 0.6) is 0 Å². The molecule has 0 aliphatic carbocycles. The Kier molecular flexibility index (Phi) is 3.63. The van der Waals surface area contributed by atoms with Gasteiger partial charge in [0.05, 0.1) is 0 Å². The van der Waals surface area contributed by atoms with Crippen LogP contribution in [0.25, 0.3) is 5.78 Å². The van der Waals surface area contributed by atoms with Crippen molar-refractivity contribution < 1.29 is 4.39 Å². The number of rotatable bonds is 3. The minimum Gasteiger partial charge on any atom is -0.216 e. The van der Waals surface area contributed by atoms with Crippen LogP contribution in [0.4, 0.5) is 4.39 Å². The van der Waals surface area contributed by atoms with Gasteiger partial charge in [-0.05, 0) is 32.9 Å². The van der Waals surface area contributed by atoms with Crippen LogP contribution in [0, 0.1) is 19.7 Å². The van der Waals surface area contributed by atoms with Gasteiger partial charge in [-0.15, -0.1) is 5.10 Å². The molecule has 1 atom stereocenters. The van der Waals surface area contributed by atoms with Crippen LogP contribution in [-0.2, 0) is 0 Å². The maximum absolute atomic E-state index is 13.8. The van der Waals surface area contributed by atoms with E-state index in [2.05, 4.69) is 15.1 Å². The zero-order chi connectivity index (χ0) is 15.0. The van der Waals surface area contributed by atoms with E-state index >= 15 is 0 Å². The molecule has 2 heterocycles. The van der Waals surface area contributed by atoms with Crippen LogP contribution < -0.4 is 0 Å². The molecule has 2 aromatic heterocycles. The molecular weight excluding hydrogens is 287 g/mol. The Morgan fingerprint density at radius 2 is 1.95 bits per heavy atom. The Morgan fingerprint density at radius 1 is 1.19 bits per heavy atom. The van der Waals surface area contributed by atoms with E-state index in [0.717, 1.165) is 11.4 Å². The first-order valence-electron chi connectivity index (χ1n) is 6.66. The molecule has 3 rings (SSSR count). The number of fused-ring (bicyclic) bond motifs is 1. The molecule has 0 aliphatic heterocycles. The fraction of sp³-hybridized carbons (Fsp3) is 0.267. The summed E-state index contributed by atoms with van der Waals surface area (Å²) in [6, 6.07) is 8.74. The fourth-order valence-electron chi connectivity index (χ4n) is 2.22. The van der Waals surface area contributed by atoms with Gasteiger partial charge in [-0.2, -0.15) is 4.98 Å². The zero-order valence-electron chi connectivity index (χ0n) is 12.0. The number of hydrogen-bond donors (Lipinski definition) is 0. The van der Waals surface area contributed by atoms with Gasteiger partial charge in [-0.3, -0.25) is 0 Å². The molecule has 6 heteroatoms. The normalized spacial score (nSPS) is 12.8. The molecule has 21 heavy (non-hydrogen) atoms. The summed E-state index contributed by atoms with van der Waals surface area (Å²) < 4.78 is 15.5. The Bertz CT molecular complexity index is 799. The molecule has 0 fully saturated rings. The number of halogens is 1.